The van der Waals surface area contributed by atoms with Gasteiger partial charge in [0.15, 0.2) is 5.72 Å². The summed E-state index contributed by atoms with van der Waals surface area (Å²) in [6, 6.07) is 20.1. The van der Waals surface area contributed by atoms with Crippen molar-refractivity contribution in [3.63, 3.8) is 0 Å². The predicted molar refractivity (Wildman–Crippen MR) is 136 cm³/mol. The minimum atomic E-state index is -1.74. The van der Waals surface area contributed by atoms with Crippen LogP contribution >= 0.6 is 0 Å². The van der Waals surface area contributed by atoms with Crippen molar-refractivity contribution in [1.82, 2.24) is 9.97 Å². The molecular weight excluding hydrogens is 458 g/mol. The molecule has 3 heterocycles. The van der Waals surface area contributed by atoms with Crippen molar-refractivity contribution in [3.8, 4) is 0 Å². The molecule has 3 aromatic carbocycles. The van der Waals surface area contributed by atoms with Crippen molar-refractivity contribution in [2.75, 3.05) is 35.3 Å². The van der Waals surface area contributed by atoms with Gasteiger partial charge >= 0.3 is 6.09 Å². The van der Waals surface area contributed by atoms with E-state index in [0.717, 1.165) is 31.6 Å². The Hall–Kier alpha value is -4.37. The molecule has 0 spiro atoms. The second kappa shape index (κ2) is 8.39. The Morgan fingerprint density at radius 2 is 1.83 bits per heavy atom. The smallest absolute Gasteiger partial charge is 0.413 e. The Morgan fingerprint density at radius 3 is 2.64 bits per heavy atom. The van der Waals surface area contributed by atoms with E-state index in [4.69, 9.17) is 0 Å². The van der Waals surface area contributed by atoms with Crippen LogP contribution in [0.1, 0.15) is 34.3 Å². The molecule has 1 aromatic heterocycles. The molecule has 4 aromatic rings. The number of H-pyrrole nitrogens is 1. The Balaban J connectivity index is 1.48. The fourth-order valence-electron chi connectivity index (χ4n) is 5.19. The minimum absolute atomic E-state index is 0.221. The molecule has 0 aliphatic carbocycles. The van der Waals surface area contributed by atoms with Gasteiger partial charge in [0.25, 0.3) is 5.91 Å². The Kier molecular flexibility index (Phi) is 5.15. The maximum Gasteiger partial charge on any atom is 0.413 e. The number of rotatable bonds is 4. The molecule has 0 bridgehead atoms. The number of benzene rings is 3. The van der Waals surface area contributed by atoms with Crippen LogP contribution in [0.5, 0.6) is 0 Å². The van der Waals surface area contributed by atoms with E-state index in [1.54, 1.807) is 36.4 Å². The van der Waals surface area contributed by atoms with Crippen molar-refractivity contribution in [1.29, 1.82) is 0 Å². The van der Waals surface area contributed by atoms with Gasteiger partial charge in [0.05, 0.1) is 18.1 Å². The first-order chi connectivity index (χ1) is 17.5. The van der Waals surface area contributed by atoms with E-state index in [1.165, 1.54) is 12.0 Å². The molecule has 1 unspecified atom stereocenters. The fourth-order valence-corrected chi connectivity index (χ4v) is 5.19. The molecule has 0 saturated carbocycles. The third kappa shape index (κ3) is 3.39. The number of fused-ring (bicyclic) bond motifs is 2. The van der Waals surface area contributed by atoms with Gasteiger partial charge in [-0.05, 0) is 49.2 Å². The molecule has 36 heavy (non-hydrogen) atoms. The van der Waals surface area contributed by atoms with Gasteiger partial charge in [0.2, 0.25) is 5.95 Å². The molecule has 2 aliphatic rings. The van der Waals surface area contributed by atoms with Crippen LogP contribution in [0, 0.1) is 0 Å². The number of aliphatic hydroxyl groups is 1. The Labute approximate surface area is 207 Å². The number of imidazole rings is 1. The molecule has 6 rings (SSSR count). The molecule has 3 N–H and O–H groups in total. The lowest BCUT2D eigenvalue weighted by Crippen LogP contribution is -2.45. The number of carbonyl (C=O) groups excluding carboxylic acids is 2. The van der Waals surface area contributed by atoms with Crippen LogP contribution in [0.4, 0.5) is 22.1 Å². The monoisotopic (exact) mass is 483 g/mol. The first-order valence-electron chi connectivity index (χ1n) is 11.9. The van der Waals surface area contributed by atoms with Crippen LogP contribution in [-0.4, -0.2) is 47.3 Å². The number of methoxy groups -OCH3 is 1. The lowest BCUT2D eigenvalue weighted by atomic mass is 9.93. The molecule has 0 radical (unpaired) electrons. The standard InChI is InChI=1S/C27H25N5O4/c1-36-26(34)30-25-28-22-12-11-17(15-23(22)29-25)27(35)21-10-3-2-9-20(21)24(33)32(27)19-8-6-7-18(16-19)31-13-4-5-14-31/h2-3,6-12,15-16,35H,4-5,13-14H2,1H3,(H2,28,29,30,34). The highest BCUT2D eigenvalue weighted by Gasteiger charge is 2.50. The number of hydrogen-bond acceptors (Lipinski definition) is 6. The highest BCUT2D eigenvalue weighted by atomic mass is 16.5. The molecule has 2 aliphatic heterocycles. The Morgan fingerprint density at radius 1 is 1.06 bits per heavy atom. The van der Waals surface area contributed by atoms with Crippen LogP contribution in [0.3, 0.4) is 0 Å². The molecule has 1 saturated heterocycles. The number of aromatic nitrogens is 2. The van der Waals surface area contributed by atoms with Gasteiger partial charge in [-0.3, -0.25) is 15.0 Å². The molecule has 1 fully saturated rings. The zero-order valence-corrected chi connectivity index (χ0v) is 19.7. The van der Waals surface area contributed by atoms with Crippen LogP contribution in [0.25, 0.3) is 11.0 Å². The van der Waals surface area contributed by atoms with E-state index in [9.17, 15) is 14.7 Å². The van der Waals surface area contributed by atoms with E-state index >= 15 is 0 Å². The normalized spacial score (nSPS) is 19.1. The van der Waals surface area contributed by atoms with Gasteiger partial charge in [-0.2, -0.15) is 0 Å². The van der Waals surface area contributed by atoms with Gasteiger partial charge in [-0.15, -0.1) is 0 Å². The van der Waals surface area contributed by atoms with Crippen molar-refractivity contribution < 1.29 is 19.4 Å². The number of aromatic amines is 1. The number of anilines is 3. The summed E-state index contributed by atoms with van der Waals surface area (Å²) in [5.74, 6) is -0.0523. The molecular formula is C27H25N5O4. The third-order valence-corrected chi connectivity index (χ3v) is 6.91. The zero-order valence-electron chi connectivity index (χ0n) is 19.7. The van der Waals surface area contributed by atoms with Crippen LogP contribution in [-0.2, 0) is 10.5 Å². The van der Waals surface area contributed by atoms with Gasteiger partial charge < -0.3 is 19.7 Å². The lowest BCUT2D eigenvalue weighted by molar-refractivity contribution is 0.0704. The van der Waals surface area contributed by atoms with Crippen molar-refractivity contribution in [2.45, 2.75) is 18.6 Å². The van der Waals surface area contributed by atoms with E-state index in [-0.39, 0.29) is 11.9 Å². The maximum absolute atomic E-state index is 13.7. The number of carbonyl (C=O) groups is 2. The van der Waals surface area contributed by atoms with Crippen LogP contribution < -0.4 is 15.1 Å². The van der Waals surface area contributed by atoms with E-state index in [0.29, 0.717) is 33.4 Å². The lowest BCUT2D eigenvalue weighted by Gasteiger charge is -2.35. The highest BCUT2D eigenvalue weighted by Crippen LogP contribution is 2.46. The molecule has 9 nitrogen and oxygen atoms in total. The summed E-state index contributed by atoms with van der Waals surface area (Å²) >= 11 is 0. The van der Waals surface area contributed by atoms with E-state index in [2.05, 4.69) is 24.9 Å². The first kappa shape index (κ1) is 22.1. The van der Waals surface area contributed by atoms with Crippen LogP contribution in [0.15, 0.2) is 66.7 Å². The number of nitrogens with one attached hydrogen (secondary N) is 2. The predicted octanol–water partition coefficient (Wildman–Crippen LogP) is 4.20. The summed E-state index contributed by atoms with van der Waals surface area (Å²) < 4.78 is 4.63. The average molecular weight is 484 g/mol. The molecule has 1 atom stereocenters. The van der Waals surface area contributed by atoms with Crippen molar-refractivity contribution in [3.05, 3.63) is 83.4 Å². The number of amides is 2. The first-order valence-corrected chi connectivity index (χ1v) is 11.9. The number of hydrogen-bond donors (Lipinski definition) is 3. The van der Waals surface area contributed by atoms with Gasteiger partial charge in [0.1, 0.15) is 0 Å². The Bertz CT molecular complexity index is 1490. The quantitative estimate of drug-likeness (QED) is 0.401. The second-order valence-corrected chi connectivity index (χ2v) is 9.01. The molecule has 2 amide bonds. The number of ether oxygens (including phenoxy) is 1. The van der Waals surface area contributed by atoms with Crippen LogP contribution in [0.2, 0.25) is 0 Å². The van der Waals surface area contributed by atoms with Crippen molar-refractivity contribution in [2.24, 2.45) is 0 Å². The third-order valence-electron chi connectivity index (χ3n) is 6.91. The summed E-state index contributed by atoms with van der Waals surface area (Å²) in [5, 5.41) is 14.9. The highest BCUT2D eigenvalue weighted by molar-refractivity contribution is 6.12. The van der Waals surface area contributed by atoms with E-state index in [1.807, 2.05) is 30.3 Å². The van der Waals surface area contributed by atoms with E-state index < -0.39 is 11.8 Å². The molecule has 182 valence electrons. The fraction of sp³-hybridized carbons (Fsp3) is 0.222. The summed E-state index contributed by atoms with van der Waals surface area (Å²) in [7, 11) is 1.27. The number of nitrogens with zero attached hydrogens (tertiary/aromatic N) is 3. The van der Waals surface area contributed by atoms with Gasteiger partial charge in [-0.1, -0.05) is 30.3 Å². The topological polar surface area (TPSA) is 111 Å². The van der Waals surface area contributed by atoms with Crippen molar-refractivity contribution >= 4 is 40.4 Å². The zero-order chi connectivity index (χ0) is 24.9. The summed E-state index contributed by atoms with van der Waals surface area (Å²) in [6.45, 7) is 1.95. The second-order valence-electron chi connectivity index (χ2n) is 9.01. The minimum Gasteiger partial charge on any atom is -0.453 e. The summed E-state index contributed by atoms with van der Waals surface area (Å²) in [6.07, 6.45) is 1.63. The largest absolute Gasteiger partial charge is 0.453 e. The summed E-state index contributed by atoms with van der Waals surface area (Å²) in [5.41, 5.74) is 2.53. The van der Waals surface area contributed by atoms with Gasteiger partial charge in [0, 0.05) is 41.2 Å². The van der Waals surface area contributed by atoms with Gasteiger partial charge in [-0.25, -0.2) is 9.78 Å². The SMILES string of the molecule is COC(=O)Nc1nc2ccc(C3(O)c4ccccc4C(=O)N3c3cccc(N4CCCC4)c3)cc2[nH]1. The maximum atomic E-state index is 13.7. The average Bonchev–Trinajstić information content (AvgIpc) is 3.62. The summed E-state index contributed by atoms with van der Waals surface area (Å²) in [4.78, 5) is 36.4. The molecule has 9 heteroatoms.